The molecule has 2 rings (SSSR count). The molecule has 0 spiro atoms. The Labute approximate surface area is 118 Å². The summed E-state index contributed by atoms with van der Waals surface area (Å²) in [7, 11) is 0. The van der Waals surface area contributed by atoms with Crippen LogP contribution in [0.15, 0.2) is 24.3 Å². The Kier molecular flexibility index (Phi) is 4.87. The van der Waals surface area contributed by atoms with Gasteiger partial charge in [0.2, 0.25) is 5.91 Å². The van der Waals surface area contributed by atoms with Crippen molar-refractivity contribution in [3.8, 4) is 0 Å². The molecule has 1 aromatic carbocycles. The average molecular weight is 278 g/mol. The van der Waals surface area contributed by atoms with Crippen molar-refractivity contribution in [2.45, 2.75) is 12.8 Å². The van der Waals surface area contributed by atoms with Crippen LogP contribution < -0.4 is 11.1 Å². The van der Waals surface area contributed by atoms with Crippen molar-refractivity contribution in [1.82, 2.24) is 5.32 Å². The molecule has 1 unspecified atom stereocenters. The SMILES string of the molecule is NC(=S)c1ccc(CC(=O)NCC2CCOC2)cc1. The van der Waals surface area contributed by atoms with Gasteiger partial charge in [-0.1, -0.05) is 36.5 Å². The van der Waals surface area contributed by atoms with Crippen LogP contribution >= 0.6 is 12.2 Å². The van der Waals surface area contributed by atoms with E-state index in [9.17, 15) is 4.79 Å². The van der Waals surface area contributed by atoms with Crippen molar-refractivity contribution in [3.63, 3.8) is 0 Å². The molecule has 1 aliphatic rings. The van der Waals surface area contributed by atoms with E-state index in [4.69, 9.17) is 22.7 Å². The summed E-state index contributed by atoms with van der Waals surface area (Å²) in [5.41, 5.74) is 7.30. The fourth-order valence-electron chi connectivity index (χ4n) is 2.04. The summed E-state index contributed by atoms with van der Waals surface area (Å²) in [6, 6.07) is 7.45. The molecule has 1 saturated heterocycles. The van der Waals surface area contributed by atoms with E-state index in [1.807, 2.05) is 24.3 Å². The van der Waals surface area contributed by atoms with Crippen LogP contribution in [0, 0.1) is 5.92 Å². The van der Waals surface area contributed by atoms with E-state index in [1.54, 1.807) is 0 Å². The minimum absolute atomic E-state index is 0.0370. The van der Waals surface area contributed by atoms with Gasteiger partial charge in [0, 0.05) is 24.6 Å². The van der Waals surface area contributed by atoms with Gasteiger partial charge in [-0.2, -0.15) is 0 Å². The zero-order valence-corrected chi connectivity index (χ0v) is 11.5. The zero-order valence-electron chi connectivity index (χ0n) is 10.7. The van der Waals surface area contributed by atoms with Crippen LogP contribution in [-0.4, -0.2) is 30.7 Å². The summed E-state index contributed by atoms with van der Waals surface area (Å²) in [5, 5.41) is 2.94. The predicted octanol–water partition coefficient (Wildman–Crippen LogP) is 1.02. The number of nitrogens with one attached hydrogen (secondary N) is 1. The van der Waals surface area contributed by atoms with Gasteiger partial charge in [-0.15, -0.1) is 0 Å². The average Bonchev–Trinajstić information content (AvgIpc) is 2.90. The number of thiocarbonyl (C=S) groups is 1. The van der Waals surface area contributed by atoms with Gasteiger partial charge in [0.15, 0.2) is 0 Å². The zero-order chi connectivity index (χ0) is 13.7. The number of rotatable bonds is 5. The number of hydrogen-bond acceptors (Lipinski definition) is 3. The predicted molar refractivity (Wildman–Crippen MR) is 78.0 cm³/mol. The number of carbonyl (C=O) groups is 1. The monoisotopic (exact) mass is 278 g/mol. The Morgan fingerprint density at radius 2 is 2.16 bits per heavy atom. The number of amides is 1. The van der Waals surface area contributed by atoms with E-state index < -0.39 is 0 Å². The second-order valence-electron chi connectivity index (χ2n) is 4.77. The van der Waals surface area contributed by atoms with E-state index in [-0.39, 0.29) is 5.91 Å². The molecule has 3 N–H and O–H groups in total. The standard InChI is InChI=1S/C14H18N2O2S/c15-14(19)12-3-1-10(2-4-12)7-13(17)16-8-11-5-6-18-9-11/h1-4,11H,5-9H2,(H2,15,19)(H,16,17). The first-order valence-corrected chi connectivity index (χ1v) is 6.79. The van der Waals surface area contributed by atoms with Gasteiger partial charge >= 0.3 is 0 Å². The smallest absolute Gasteiger partial charge is 0.224 e. The van der Waals surface area contributed by atoms with Gasteiger partial charge in [0.25, 0.3) is 0 Å². The molecule has 0 bridgehead atoms. The Bertz CT molecular complexity index is 453. The van der Waals surface area contributed by atoms with Crippen LogP contribution in [0.1, 0.15) is 17.5 Å². The quantitative estimate of drug-likeness (QED) is 0.789. The minimum Gasteiger partial charge on any atom is -0.389 e. The number of benzene rings is 1. The van der Waals surface area contributed by atoms with E-state index in [0.717, 1.165) is 30.8 Å². The Balaban J connectivity index is 1.79. The third-order valence-corrected chi connectivity index (χ3v) is 3.45. The first kappa shape index (κ1) is 14.0. The molecule has 1 amide bonds. The van der Waals surface area contributed by atoms with Crippen LogP contribution in [0.3, 0.4) is 0 Å². The highest BCUT2D eigenvalue weighted by atomic mass is 32.1. The van der Waals surface area contributed by atoms with Crippen molar-refractivity contribution >= 4 is 23.1 Å². The molecule has 5 heteroatoms. The molecule has 0 aliphatic carbocycles. The van der Waals surface area contributed by atoms with Crippen molar-refractivity contribution in [1.29, 1.82) is 0 Å². The van der Waals surface area contributed by atoms with Gasteiger partial charge < -0.3 is 15.8 Å². The highest BCUT2D eigenvalue weighted by molar-refractivity contribution is 7.80. The second-order valence-corrected chi connectivity index (χ2v) is 5.21. The maximum Gasteiger partial charge on any atom is 0.224 e. The van der Waals surface area contributed by atoms with Crippen molar-refractivity contribution in [2.24, 2.45) is 11.7 Å². The first-order chi connectivity index (χ1) is 9.15. The summed E-state index contributed by atoms with van der Waals surface area (Å²) in [5.74, 6) is 0.496. The number of nitrogens with two attached hydrogens (primary N) is 1. The number of ether oxygens (including phenoxy) is 1. The van der Waals surface area contributed by atoms with Crippen molar-refractivity contribution in [3.05, 3.63) is 35.4 Å². The Hall–Kier alpha value is -1.46. The lowest BCUT2D eigenvalue weighted by molar-refractivity contribution is -0.120. The van der Waals surface area contributed by atoms with E-state index in [1.165, 1.54) is 0 Å². The van der Waals surface area contributed by atoms with Crippen LogP contribution in [0.2, 0.25) is 0 Å². The summed E-state index contributed by atoms with van der Waals surface area (Å²) < 4.78 is 5.27. The third-order valence-electron chi connectivity index (χ3n) is 3.22. The lowest BCUT2D eigenvalue weighted by Gasteiger charge is -2.09. The summed E-state index contributed by atoms with van der Waals surface area (Å²) in [6.45, 7) is 2.26. The van der Waals surface area contributed by atoms with Gasteiger partial charge in [-0.3, -0.25) is 4.79 Å². The largest absolute Gasteiger partial charge is 0.389 e. The van der Waals surface area contributed by atoms with E-state index >= 15 is 0 Å². The van der Waals surface area contributed by atoms with E-state index in [0.29, 0.717) is 23.9 Å². The molecule has 0 saturated carbocycles. The van der Waals surface area contributed by atoms with Crippen molar-refractivity contribution < 1.29 is 9.53 Å². The fourth-order valence-corrected chi connectivity index (χ4v) is 2.17. The third kappa shape index (κ3) is 4.29. The number of hydrogen-bond donors (Lipinski definition) is 2. The summed E-state index contributed by atoms with van der Waals surface area (Å²) in [4.78, 5) is 12.2. The lowest BCUT2D eigenvalue weighted by Crippen LogP contribution is -2.30. The molecule has 102 valence electrons. The Morgan fingerprint density at radius 3 is 2.74 bits per heavy atom. The van der Waals surface area contributed by atoms with E-state index in [2.05, 4.69) is 5.32 Å². The normalized spacial score (nSPS) is 18.2. The van der Waals surface area contributed by atoms with Crippen LogP contribution in [0.25, 0.3) is 0 Å². The van der Waals surface area contributed by atoms with Gasteiger partial charge in [0.05, 0.1) is 13.0 Å². The molecule has 1 aliphatic heterocycles. The maximum atomic E-state index is 11.8. The maximum absolute atomic E-state index is 11.8. The molecular weight excluding hydrogens is 260 g/mol. The molecule has 1 fully saturated rings. The second kappa shape index (κ2) is 6.63. The van der Waals surface area contributed by atoms with Gasteiger partial charge in [0.1, 0.15) is 4.99 Å². The van der Waals surface area contributed by atoms with Crippen molar-refractivity contribution in [2.75, 3.05) is 19.8 Å². The van der Waals surface area contributed by atoms with Gasteiger partial charge in [-0.05, 0) is 12.0 Å². The highest BCUT2D eigenvalue weighted by Crippen LogP contribution is 2.11. The fraction of sp³-hybridized carbons (Fsp3) is 0.429. The topological polar surface area (TPSA) is 64.4 Å². The molecule has 1 heterocycles. The lowest BCUT2D eigenvalue weighted by atomic mass is 10.1. The molecule has 19 heavy (non-hydrogen) atoms. The molecular formula is C14H18N2O2S. The van der Waals surface area contributed by atoms with Crippen LogP contribution in [0.5, 0.6) is 0 Å². The molecule has 1 aromatic rings. The van der Waals surface area contributed by atoms with Gasteiger partial charge in [-0.25, -0.2) is 0 Å². The molecule has 4 nitrogen and oxygen atoms in total. The van der Waals surface area contributed by atoms with Crippen LogP contribution in [-0.2, 0) is 16.0 Å². The highest BCUT2D eigenvalue weighted by Gasteiger charge is 2.16. The summed E-state index contributed by atoms with van der Waals surface area (Å²) in [6.07, 6.45) is 1.41. The first-order valence-electron chi connectivity index (χ1n) is 6.38. The molecule has 0 radical (unpaired) electrons. The Morgan fingerprint density at radius 1 is 1.42 bits per heavy atom. The molecule has 1 atom stereocenters. The molecule has 0 aromatic heterocycles. The summed E-state index contributed by atoms with van der Waals surface area (Å²) >= 11 is 4.88. The number of carbonyl (C=O) groups excluding carboxylic acids is 1. The minimum atomic E-state index is 0.0370. The van der Waals surface area contributed by atoms with Crippen LogP contribution in [0.4, 0.5) is 0 Å².